The van der Waals surface area contributed by atoms with Crippen molar-refractivity contribution in [1.29, 1.82) is 0 Å². The number of anilines is 1. The quantitative estimate of drug-likeness (QED) is 0.741. The third-order valence-electron chi connectivity index (χ3n) is 2.97. The topological polar surface area (TPSA) is 38.2 Å². The van der Waals surface area contributed by atoms with Gasteiger partial charge in [-0.15, -0.1) is 11.3 Å². The van der Waals surface area contributed by atoms with Crippen LogP contribution in [-0.4, -0.2) is 35.8 Å². The Bertz CT molecular complexity index is 591. The van der Waals surface area contributed by atoms with Crippen LogP contribution in [0.2, 0.25) is 5.28 Å². The van der Waals surface area contributed by atoms with E-state index < -0.39 is 0 Å². The van der Waals surface area contributed by atoms with Crippen molar-refractivity contribution in [2.75, 3.05) is 24.7 Å². The van der Waals surface area contributed by atoms with Crippen LogP contribution in [0.1, 0.15) is 6.92 Å². The molecule has 1 aliphatic rings. The van der Waals surface area contributed by atoms with Crippen LogP contribution < -0.4 is 4.90 Å². The van der Waals surface area contributed by atoms with Crippen molar-refractivity contribution < 1.29 is 4.74 Å². The molecule has 2 aromatic rings. The summed E-state index contributed by atoms with van der Waals surface area (Å²) < 4.78 is 7.49. The second-order valence-electron chi connectivity index (χ2n) is 4.19. The number of thiophene rings is 1. The number of ether oxygens (including phenoxy) is 1. The molecule has 3 rings (SSSR count). The summed E-state index contributed by atoms with van der Waals surface area (Å²) in [4.78, 5) is 10.9. The second kappa shape index (κ2) is 4.92. The highest BCUT2D eigenvalue weighted by molar-refractivity contribution is 9.10. The molecule has 0 bridgehead atoms. The van der Waals surface area contributed by atoms with E-state index in [-0.39, 0.29) is 5.28 Å². The monoisotopic (exact) mass is 347 g/mol. The third kappa shape index (κ3) is 2.11. The van der Waals surface area contributed by atoms with Crippen LogP contribution in [0.15, 0.2) is 9.85 Å². The number of morpholine rings is 1. The lowest BCUT2D eigenvalue weighted by Crippen LogP contribution is -2.44. The van der Waals surface area contributed by atoms with Crippen molar-refractivity contribution in [2.45, 2.75) is 13.0 Å². The predicted octanol–water partition coefficient (Wildman–Crippen LogP) is 3.33. The molecule has 1 saturated heterocycles. The van der Waals surface area contributed by atoms with Gasteiger partial charge >= 0.3 is 0 Å². The van der Waals surface area contributed by atoms with Gasteiger partial charge in [0.2, 0.25) is 5.28 Å². The van der Waals surface area contributed by atoms with E-state index in [0.717, 1.165) is 40.3 Å². The van der Waals surface area contributed by atoms with E-state index in [0.29, 0.717) is 6.04 Å². The first-order valence-electron chi connectivity index (χ1n) is 5.61. The maximum Gasteiger partial charge on any atom is 0.225 e. The third-order valence-corrected chi connectivity index (χ3v) is 5.01. The van der Waals surface area contributed by atoms with Gasteiger partial charge in [0.15, 0.2) is 5.82 Å². The molecule has 1 aliphatic heterocycles. The van der Waals surface area contributed by atoms with Gasteiger partial charge in [-0.1, -0.05) is 0 Å². The molecule has 96 valence electrons. The molecule has 0 radical (unpaired) electrons. The van der Waals surface area contributed by atoms with Crippen molar-refractivity contribution in [3.05, 3.63) is 15.1 Å². The lowest BCUT2D eigenvalue weighted by molar-refractivity contribution is 0.0987. The molecule has 0 aromatic carbocycles. The molecular formula is C11H11BrClN3OS. The summed E-state index contributed by atoms with van der Waals surface area (Å²) in [6.45, 7) is 4.40. The molecule has 2 aromatic heterocycles. The summed E-state index contributed by atoms with van der Waals surface area (Å²) in [7, 11) is 0. The number of nitrogens with zero attached hydrogens (tertiary/aromatic N) is 3. The van der Waals surface area contributed by atoms with E-state index in [9.17, 15) is 0 Å². The second-order valence-corrected chi connectivity index (χ2v) is 6.27. The fraction of sp³-hybridized carbons (Fsp3) is 0.455. The van der Waals surface area contributed by atoms with Crippen molar-refractivity contribution >= 4 is 54.9 Å². The van der Waals surface area contributed by atoms with Crippen molar-refractivity contribution in [2.24, 2.45) is 0 Å². The Morgan fingerprint density at radius 3 is 3.17 bits per heavy atom. The van der Waals surface area contributed by atoms with Crippen LogP contribution in [0, 0.1) is 0 Å². The molecule has 0 amide bonds. The molecule has 0 saturated carbocycles. The van der Waals surface area contributed by atoms with Gasteiger partial charge in [0.25, 0.3) is 0 Å². The zero-order valence-electron chi connectivity index (χ0n) is 9.69. The van der Waals surface area contributed by atoms with E-state index >= 15 is 0 Å². The fourth-order valence-corrected chi connectivity index (χ4v) is 3.82. The Hall–Kier alpha value is -0.430. The van der Waals surface area contributed by atoms with Crippen LogP contribution in [0.25, 0.3) is 10.2 Å². The van der Waals surface area contributed by atoms with E-state index in [1.807, 2.05) is 5.38 Å². The fourth-order valence-electron chi connectivity index (χ4n) is 2.09. The average molecular weight is 349 g/mol. The molecule has 1 atom stereocenters. The van der Waals surface area contributed by atoms with Crippen molar-refractivity contribution in [1.82, 2.24) is 9.97 Å². The zero-order chi connectivity index (χ0) is 12.7. The van der Waals surface area contributed by atoms with Crippen molar-refractivity contribution in [3.63, 3.8) is 0 Å². The standard InChI is InChI=1S/C11H11BrClN3OS/c1-6-4-17-3-2-16(6)10-9-8(7(12)5-18-9)14-11(13)15-10/h5-6H,2-4H2,1H3/t6-/m1/s1. The SMILES string of the molecule is C[C@@H]1COCCN1c1nc(Cl)nc2c(Br)csc12. The largest absolute Gasteiger partial charge is 0.377 e. The number of hydrogen-bond acceptors (Lipinski definition) is 5. The minimum atomic E-state index is 0.287. The molecular weight excluding hydrogens is 338 g/mol. The Morgan fingerprint density at radius 1 is 1.56 bits per heavy atom. The van der Waals surface area contributed by atoms with Crippen LogP contribution in [0.3, 0.4) is 0 Å². The van der Waals surface area contributed by atoms with Gasteiger partial charge in [-0.25, -0.2) is 4.98 Å². The minimum absolute atomic E-state index is 0.287. The molecule has 0 unspecified atom stereocenters. The number of fused-ring (bicyclic) bond motifs is 1. The highest BCUT2D eigenvalue weighted by atomic mass is 79.9. The smallest absolute Gasteiger partial charge is 0.225 e. The first-order valence-corrected chi connectivity index (χ1v) is 7.66. The first-order chi connectivity index (χ1) is 8.66. The highest BCUT2D eigenvalue weighted by Gasteiger charge is 2.24. The molecule has 4 nitrogen and oxygen atoms in total. The molecule has 0 spiro atoms. The van der Waals surface area contributed by atoms with Crippen LogP contribution in [0.4, 0.5) is 5.82 Å². The summed E-state index contributed by atoms with van der Waals surface area (Å²) in [6.07, 6.45) is 0. The van der Waals surface area contributed by atoms with Gasteiger partial charge in [0.05, 0.1) is 28.4 Å². The van der Waals surface area contributed by atoms with Gasteiger partial charge < -0.3 is 9.64 Å². The maximum atomic E-state index is 6.02. The van der Waals surface area contributed by atoms with Gasteiger partial charge in [0, 0.05) is 11.9 Å². The van der Waals surface area contributed by atoms with E-state index in [2.05, 4.69) is 37.7 Å². The lowest BCUT2D eigenvalue weighted by Gasteiger charge is -2.34. The number of hydrogen-bond donors (Lipinski definition) is 0. The van der Waals surface area contributed by atoms with Crippen LogP contribution >= 0.6 is 38.9 Å². The Morgan fingerprint density at radius 2 is 2.39 bits per heavy atom. The summed E-state index contributed by atoms with van der Waals surface area (Å²) in [6, 6.07) is 0.300. The van der Waals surface area contributed by atoms with Gasteiger partial charge in [-0.05, 0) is 34.5 Å². The Balaban J connectivity index is 2.15. The minimum Gasteiger partial charge on any atom is -0.377 e. The number of aromatic nitrogens is 2. The molecule has 0 N–H and O–H groups in total. The number of rotatable bonds is 1. The van der Waals surface area contributed by atoms with Gasteiger partial charge in [-0.3, -0.25) is 0 Å². The van der Waals surface area contributed by atoms with Gasteiger partial charge in [0.1, 0.15) is 5.52 Å². The lowest BCUT2D eigenvalue weighted by atomic mass is 10.2. The van der Waals surface area contributed by atoms with Crippen LogP contribution in [0.5, 0.6) is 0 Å². The van der Waals surface area contributed by atoms with E-state index in [1.165, 1.54) is 0 Å². The molecule has 7 heteroatoms. The predicted molar refractivity (Wildman–Crippen MR) is 77.8 cm³/mol. The zero-order valence-corrected chi connectivity index (χ0v) is 12.8. The Kier molecular flexibility index (Phi) is 3.44. The molecule has 18 heavy (non-hydrogen) atoms. The van der Waals surface area contributed by atoms with E-state index in [1.54, 1.807) is 11.3 Å². The molecule has 0 aliphatic carbocycles. The summed E-state index contributed by atoms with van der Waals surface area (Å²) in [5.41, 5.74) is 0.883. The molecule has 1 fully saturated rings. The van der Waals surface area contributed by atoms with Crippen molar-refractivity contribution in [3.8, 4) is 0 Å². The maximum absolute atomic E-state index is 6.02. The van der Waals surface area contributed by atoms with Crippen LogP contribution in [-0.2, 0) is 4.74 Å². The van der Waals surface area contributed by atoms with E-state index in [4.69, 9.17) is 16.3 Å². The summed E-state index contributed by atoms with van der Waals surface area (Å²) >= 11 is 11.1. The van der Waals surface area contributed by atoms with Gasteiger partial charge in [-0.2, -0.15) is 4.98 Å². The Labute approximate surface area is 122 Å². The summed E-state index contributed by atoms with van der Waals surface area (Å²) in [5, 5.41) is 2.31. The molecule has 3 heterocycles. The first kappa shape index (κ1) is 12.6. The summed E-state index contributed by atoms with van der Waals surface area (Å²) in [5.74, 6) is 0.913. The normalized spacial score (nSPS) is 20.6. The average Bonchev–Trinajstić information content (AvgIpc) is 2.71. The highest BCUT2D eigenvalue weighted by Crippen LogP contribution is 2.36. The number of halogens is 2.